The molecule has 9 nitrogen and oxygen atoms in total. The van der Waals surface area contributed by atoms with Crippen LogP contribution in [0.15, 0.2) is 18.0 Å². The molecular formula is C17H18FN7O2. The molecule has 27 heavy (non-hydrogen) atoms. The standard InChI is InChI=1S/C17H18FN7O2/c18-10-3-4-24(8-10)13-6-14(20-11-1-2-11)25-15(22-13)9(7-19-25)5-12-16(26)23-17(27)21-12/h5-7,10-11,20H,1-4,8H2,(H2,21,23,26,27)/t10-/m1/s1. The van der Waals surface area contributed by atoms with E-state index in [1.54, 1.807) is 16.8 Å². The molecule has 3 amide bonds. The summed E-state index contributed by atoms with van der Waals surface area (Å²) in [6.45, 7) is 0.922. The minimum absolute atomic E-state index is 0.142. The van der Waals surface area contributed by atoms with Crippen LogP contribution in [0.5, 0.6) is 0 Å². The Bertz CT molecular complexity index is 981. The maximum absolute atomic E-state index is 13.7. The number of carbonyl (C=O) groups is 2. The summed E-state index contributed by atoms with van der Waals surface area (Å²) in [6, 6.07) is 1.73. The summed E-state index contributed by atoms with van der Waals surface area (Å²) in [5.74, 6) is 0.960. The van der Waals surface area contributed by atoms with Gasteiger partial charge in [-0.05, 0) is 25.3 Å². The molecule has 0 unspecified atom stereocenters. The zero-order valence-electron chi connectivity index (χ0n) is 14.4. The number of amides is 3. The highest BCUT2D eigenvalue weighted by Gasteiger charge is 2.27. The summed E-state index contributed by atoms with van der Waals surface area (Å²) in [5, 5.41) is 12.4. The van der Waals surface area contributed by atoms with Crippen molar-refractivity contribution in [3.63, 3.8) is 0 Å². The third kappa shape index (κ3) is 2.96. The van der Waals surface area contributed by atoms with Gasteiger partial charge in [0.15, 0.2) is 5.65 Å². The summed E-state index contributed by atoms with van der Waals surface area (Å²) in [6.07, 6.45) is 4.96. The Morgan fingerprint density at radius 2 is 2.11 bits per heavy atom. The number of nitrogens with zero attached hydrogens (tertiary/aromatic N) is 4. The average Bonchev–Trinajstić information content (AvgIpc) is 3.04. The van der Waals surface area contributed by atoms with Crippen molar-refractivity contribution in [3.8, 4) is 0 Å². The van der Waals surface area contributed by atoms with Crippen LogP contribution < -0.4 is 20.9 Å². The Hall–Kier alpha value is -3.17. The molecule has 140 valence electrons. The SMILES string of the molecule is O=C1NC(=O)C(=Cc2cnn3c(NC4CC4)cc(N4CC[C@@H](F)C4)nc23)N1. The predicted molar refractivity (Wildman–Crippen MR) is 96.0 cm³/mol. The molecule has 3 N–H and O–H groups in total. The zero-order chi connectivity index (χ0) is 18.5. The first-order valence-electron chi connectivity index (χ1n) is 8.95. The Morgan fingerprint density at radius 3 is 2.78 bits per heavy atom. The maximum atomic E-state index is 13.7. The van der Waals surface area contributed by atoms with Gasteiger partial charge in [0.25, 0.3) is 5.91 Å². The molecule has 2 aromatic rings. The molecule has 3 fully saturated rings. The van der Waals surface area contributed by atoms with Gasteiger partial charge in [0.05, 0.1) is 12.7 Å². The summed E-state index contributed by atoms with van der Waals surface area (Å²) in [4.78, 5) is 29.7. The molecule has 2 saturated heterocycles. The first kappa shape index (κ1) is 16.0. The summed E-state index contributed by atoms with van der Waals surface area (Å²) < 4.78 is 15.3. The van der Waals surface area contributed by atoms with Crippen molar-refractivity contribution >= 4 is 35.3 Å². The third-order valence-corrected chi connectivity index (χ3v) is 4.89. The summed E-state index contributed by atoms with van der Waals surface area (Å²) in [7, 11) is 0. The van der Waals surface area contributed by atoms with E-state index in [9.17, 15) is 14.0 Å². The van der Waals surface area contributed by atoms with E-state index in [2.05, 4.69) is 26.0 Å². The second-order valence-electron chi connectivity index (χ2n) is 7.05. The normalized spacial score (nSPS) is 24.0. The van der Waals surface area contributed by atoms with Gasteiger partial charge < -0.3 is 15.5 Å². The average molecular weight is 371 g/mol. The highest BCUT2D eigenvalue weighted by Crippen LogP contribution is 2.30. The molecule has 0 bridgehead atoms. The number of hydrogen-bond acceptors (Lipinski definition) is 6. The number of hydrogen-bond donors (Lipinski definition) is 3. The lowest BCUT2D eigenvalue weighted by Crippen LogP contribution is -2.22. The van der Waals surface area contributed by atoms with Gasteiger partial charge in [-0.15, -0.1) is 0 Å². The van der Waals surface area contributed by atoms with Crippen LogP contribution in [-0.4, -0.2) is 51.8 Å². The number of aromatic nitrogens is 3. The van der Waals surface area contributed by atoms with Gasteiger partial charge in [0.1, 0.15) is 23.5 Å². The topological polar surface area (TPSA) is 104 Å². The Labute approximate surface area is 153 Å². The van der Waals surface area contributed by atoms with E-state index in [1.165, 1.54) is 0 Å². The van der Waals surface area contributed by atoms with Crippen molar-refractivity contribution in [2.45, 2.75) is 31.5 Å². The van der Waals surface area contributed by atoms with Crippen LogP contribution in [0.4, 0.5) is 20.8 Å². The van der Waals surface area contributed by atoms with Crippen molar-refractivity contribution < 1.29 is 14.0 Å². The Kier molecular flexibility index (Phi) is 3.52. The van der Waals surface area contributed by atoms with E-state index in [0.29, 0.717) is 42.6 Å². The zero-order valence-corrected chi connectivity index (χ0v) is 14.4. The maximum Gasteiger partial charge on any atom is 0.326 e. The smallest absolute Gasteiger partial charge is 0.326 e. The number of carbonyl (C=O) groups excluding carboxylic acids is 2. The number of halogens is 1. The minimum Gasteiger partial charge on any atom is -0.367 e. The molecule has 3 aliphatic rings. The van der Waals surface area contributed by atoms with Crippen LogP contribution in [0.3, 0.4) is 0 Å². The van der Waals surface area contributed by atoms with Crippen LogP contribution in [-0.2, 0) is 4.79 Å². The van der Waals surface area contributed by atoms with Crippen molar-refractivity contribution in [2.75, 3.05) is 23.3 Å². The molecule has 1 atom stereocenters. The van der Waals surface area contributed by atoms with Crippen molar-refractivity contribution in [2.24, 2.45) is 0 Å². The number of anilines is 2. The molecule has 0 aromatic carbocycles. The minimum atomic E-state index is -0.855. The van der Waals surface area contributed by atoms with E-state index in [4.69, 9.17) is 0 Å². The van der Waals surface area contributed by atoms with E-state index < -0.39 is 18.1 Å². The van der Waals surface area contributed by atoms with Gasteiger partial charge >= 0.3 is 6.03 Å². The van der Waals surface area contributed by atoms with E-state index in [-0.39, 0.29) is 5.70 Å². The Morgan fingerprint density at radius 1 is 1.26 bits per heavy atom. The molecule has 1 aliphatic carbocycles. The lowest BCUT2D eigenvalue weighted by Gasteiger charge is -2.18. The number of nitrogens with one attached hydrogen (secondary N) is 3. The quantitative estimate of drug-likeness (QED) is 0.548. The van der Waals surface area contributed by atoms with Gasteiger partial charge in [-0.2, -0.15) is 9.61 Å². The first-order chi connectivity index (χ1) is 13.1. The fraction of sp³-hybridized carbons (Fsp3) is 0.412. The number of alkyl halides is 1. The molecular weight excluding hydrogens is 353 g/mol. The summed E-state index contributed by atoms with van der Waals surface area (Å²) >= 11 is 0. The van der Waals surface area contributed by atoms with Crippen LogP contribution in [0.2, 0.25) is 0 Å². The highest BCUT2D eigenvalue weighted by atomic mass is 19.1. The molecule has 0 radical (unpaired) electrons. The molecule has 10 heteroatoms. The lowest BCUT2D eigenvalue weighted by molar-refractivity contribution is -0.115. The van der Waals surface area contributed by atoms with E-state index in [1.807, 2.05) is 11.0 Å². The van der Waals surface area contributed by atoms with Crippen LogP contribution in [0.25, 0.3) is 11.7 Å². The van der Waals surface area contributed by atoms with Gasteiger partial charge in [-0.1, -0.05) is 0 Å². The second-order valence-corrected chi connectivity index (χ2v) is 7.05. The van der Waals surface area contributed by atoms with Gasteiger partial charge in [-0.25, -0.2) is 14.2 Å². The fourth-order valence-electron chi connectivity index (χ4n) is 3.33. The molecule has 5 rings (SSSR count). The first-order valence-corrected chi connectivity index (χ1v) is 8.95. The largest absolute Gasteiger partial charge is 0.367 e. The number of fused-ring (bicyclic) bond motifs is 1. The fourth-order valence-corrected chi connectivity index (χ4v) is 3.33. The van der Waals surface area contributed by atoms with Gasteiger partial charge in [0, 0.05) is 24.2 Å². The van der Waals surface area contributed by atoms with Crippen molar-refractivity contribution in [3.05, 3.63) is 23.5 Å². The monoisotopic (exact) mass is 371 g/mol. The van der Waals surface area contributed by atoms with E-state index >= 15 is 0 Å². The van der Waals surface area contributed by atoms with Crippen LogP contribution >= 0.6 is 0 Å². The number of urea groups is 1. The molecule has 4 heterocycles. The molecule has 2 aliphatic heterocycles. The van der Waals surface area contributed by atoms with Crippen molar-refractivity contribution in [1.82, 2.24) is 25.2 Å². The molecule has 1 saturated carbocycles. The lowest BCUT2D eigenvalue weighted by atomic mass is 10.2. The second kappa shape index (κ2) is 5.93. The Balaban J connectivity index is 1.59. The van der Waals surface area contributed by atoms with Crippen LogP contribution in [0, 0.1) is 0 Å². The van der Waals surface area contributed by atoms with Gasteiger partial charge in [-0.3, -0.25) is 10.1 Å². The highest BCUT2D eigenvalue weighted by molar-refractivity contribution is 6.14. The number of rotatable bonds is 4. The van der Waals surface area contributed by atoms with Crippen LogP contribution in [0.1, 0.15) is 24.8 Å². The molecule has 2 aromatic heterocycles. The summed E-state index contributed by atoms with van der Waals surface area (Å²) in [5.41, 5.74) is 1.28. The van der Waals surface area contributed by atoms with Crippen molar-refractivity contribution in [1.29, 1.82) is 0 Å². The third-order valence-electron chi connectivity index (χ3n) is 4.89. The van der Waals surface area contributed by atoms with Gasteiger partial charge in [0.2, 0.25) is 0 Å². The number of imide groups is 1. The van der Waals surface area contributed by atoms with E-state index in [0.717, 1.165) is 18.7 Å². The molecule has 0 spiro atoms. The predicted octanol–water partition coefficient (Wildman–Crippen LogP) is 1.03.